The summed E-state index contributed by atoms with van der Waals surface area (Å²) < 4.78 is 5.65. The van der Waals surface area contributed by atoms with Crippen molar-refractivity contribution in [1.82, 2.24) is 5.32 Å². The van der Waals surface area contributed by atoms with Gasteiger partial charge >= 0.3 is 0 Å². The van der Waals surface area contributed by atoms with Gasteiger partial charge in [0.05, 0.1) is 0 Å². The summed E-state index contributed by atoms with van der Waals surface area (Å²) in [5, 5.41) is 2.74. The van der Waals surface area contributed by atoms with E-state index >= 15 is 0 Å². The monoisotopic (exact) mass is 199 g/mol. The van der Waals surface area contributed by atoms with E-state index in [2.05, 4.69) is 5.32 Å². The molecule has 2 aliphatic heterocycles. The second-order valence-corrected chi connectivity index (χ2v) is 3.52. The normalized spacial score (nSPS) is 22.0. The van der Waals surface area contributed by atoms with Crippen molar-refractivity contribution >= 4 is 12.0 Å². The lowest BCUT2D eigenvalue weighted by Crippen LogP contribution is -2.42. The fourth-order valence-corrected chi connectivity index (χ4v) is 1.75. The van der Waals surface area contributed by atoms with Crippen LogP contribution >= 0.6 is 0 Å². The Morgan fingerprint density at radius 2 is 2.07 bits per heavy atom. The molecule has 1 amide bonds. The zero-order chi connectivity index (χ0) is 10.3. The molecule has 0 aromatic heterocycles. The van der Waals surface area contributed by atoms with Crippen LogP contribution < -0.4 is 10.1 Å². The third-order valence-corrected chi connectivity index (χ3v) is 2.49. The van der Waals surface area contributed by atoms with Gasteiger partial charge in [-0.2, -0.15) is 0 Å². The fourth-order valence-electron chi connectivity index (χ4n) is 1.75. The van der Waals surface area contributed by atoms with Crippen LogP contribution in [0, 0.1) is 0 Å². The van der Waals surface area contributed by atoms with Gasteiger partial charge in [-0.3, -0.25) is 4.79 Å². The van der Waals surface area contributed by atoms with Gasteiger partial charge in [0.2, 0.25) is 5.91 Å². The van der Waals surface area contributed by atoms with Crippen molar-refractivity contribution in [3.8, 4) is 5.75 Å². The molecule has 0 spiro atoms. The number of rotatable bonds is 0. The van der Waals surface area contributed by atoms with Gasteiger partial charge in [0, 0.05) is 17.2 Å². The summed E-state index contributed by atoms with van der Waals surface area (Å²) in [5.74, 6) is 0.693. The van der Waals surface area contributed by atoms with E-state index < -0.39 is 0 Å². The van der Waals surface area contributed by atoms with Crippen LogP contribution in [0.4, 0.5) is 0 Å². The number of ether oxygens (including phenoxy) is 1. The van der Waals surface area contributed by atoms with Crippen molar-refractivity contribution in [3.63, 3.8) is 0 Å². The number of nitrogens with one attached hydrogen (secondary N) is 1. The van der Waals surface area contributed by atoms with Crippen molar-refractivity contribution in [2.24, 2.45) is 0 Å². The van der Waals surface area contributed by atoms with Crippen LogP contribution in [0.1, 0.15) is 5.56 Å². The van der Waals surface area contributed by atoms with Crippen LogP contribution in [-0.2, 0) is 4.79 Å². The van der Waals surface area contributed by atoms with E-state index in [-0.39, 0.29) is 12.1 Å². The highest BCUT2D eigenvalue weighted by molar-refractivity contribution is 5.91. The van der Waals surface area contributed by atoms with E-state index in [0.717, 1.165) is 16.9 Å². The van der Waals surface area contributed by atoms with Crippen LogP contribution in [0.3, 0.4) is 0 Å². The smallest absolute Gasteiger partial charge is 0.247 e. The van der Waals surface area contributed by atoms with Gasteiger partial charge in [-0.15, -0.1) is 0 Å². The zero-order valence-corrected chi connectivity index (χ0v) is 7.94. The number of carbonyl (C=O) groups excluding carboxylic acids is 1. The molecule has 1 unspecified atom stereocenters. The number of hydrogen-bond donors (Lipinski definition) is 1. The molecule has 3 nitrogen and oxygen atoms in total. The number of benzene rings is 1. The highest BCUT2D eigenvalue weighted by Gasteiger charge is 2.24. The highest BCUT2D eigenvalue weighted by atomic mass is 16.5. The Morgan fingerprint density at radius 3 is 3.00 bits per heavy atom. The maximum Gasteiger partial charge on any atom is 0.247 e. The molecule has 1 atom stereocenters. The van der Waals surface area contributed by atoms with Crippen molar-refractivity contribution in [3.05, 3.63) is 47.6 Å². The van der Waals surface area contributed by atoms with E-state index in [1.807, 2.05) is 30.3 Å². The van der Waals surface area contributed by atoms with Crippen LogP contribution in [0.5, 0.6) is 5.75 Å². The summed E-state index contributed by atoms with van der Waals surface area (Å²) in [4.78, 5) is 11.1. The van der Waals surface area contributed by atoms with Crippen molar-refractivity contribution in [2.75, 3.05) is 0 Å². The van der Waals surface area contributed by atoms with Gasteiger partial charge in [-0.1, -0.05) is 18.2 Å². The van der Waals surface area contributed by atoms with Gasteiger partial charge in [0.25, 0.3) is 0 Å². The molecular formula is C12H9NO2. The Labute approximate surface area is 87.1 Å². The Bertz CT molecular complexity index is 488. The molecule has 1 aromatic rings. The van der Waals surface area contributed by atoms with Gasteiger partial charge in [-0.25, -0.2) is 0 Å². The molecule has 74 valence electrons. The minimum Gasteiger partial charge on any atom is -0.466 e. The molecular weight excluding hydrogens is 190 g/mol. The Kier molecular flexibility index (Phi) is 1.65. The standard InChI is InChI=1S/C12H9NO2/c14-11-6-5-9-7-8-3-1-2-4-10(8)15-12(9)13-11/h1-7,12H,(H,13,14). The van der Waals surface area contributed by atoms with Crippen molar-refractivity contribution in [1.29, 1.82) is 0 Å². The second-order valence-electron chi connectivity index (χ2n) is 3.52. The summed E-state index contributed by atoms with van der Waals surface area (Å²) in [6.45, 7) is 0. The number of amides is 1. The van der Waals surface area contributed by atoms with Crippen LogP contribution in [0.25, 0.3) is 6.08 Å². The lowest BCUT2D eigenvalue weighted by Gasteiger charge is -2.28. The summed E-state index contributed by atoms with van der Waals surface area (Å²) >= 11 is 0. The fraction of sp³-hybridized carbons (Fsp3) is 0.0833. The molecule has 0 saturated heterocycles. The quantitative estimate of drug-likeness (QED) is 0.687. The minimum absolute atomic E-state index is 0.114. The molecule has 1 N–H and O–H groups in total. The van der Waals surface area contributed by atoms with Crippen molar-refractivity contribution < 1.29 is 9.53 Å². The van der Waals surface area contributed by atoms with Crippen LogP contribution in [0.2, 0.25) is 0 Å². The van der Waals surface area contributed by atoms with E-state index in [1.165, 1.54) is 6.08 Å². The molecule has 1 aromatic carbocycles. The first kappa shape index (κ1) is 8.29. The van der Waals surface area contributed by atoms with Crippen molar-refractivity contribution in [2.45, 2.75) is 6.23 Å². The summed E-state index contributed by atoms with van der Waals surface area (Å²) in [7, 11) is 0. The first-order valence-corrected chi connectivity index (χ1v) is 4.79. The lowest BCUT2D eigenvalue weighted by atomic mass is 10.0. The molecule has 0 bridgehead atoms. The third kappa shape index (κ3) is 1.32. The van der Waals surface area contributed by atoms with E-state index in [0.29, 0.717) is 0 Å². The minimum atomic E-state index is -0.336. The predicted octanol–water partition coefficient (Wildman–Crippen LogP) is 1.47. The molecule has 15 heavy (non-hydrogen) atoms. The average molecular weight is 199 g/mol. The van der Waals surface area contributed by atoms with E-state index in [4.69, 9.17) is 4.74 Å². The molecule has 2 aliphatic rings. The Balaban J connectivity index is 2.09. The van der Waals surface area contributed by atoms with Crippen LogP contribution in [-0.4, -0.2) is 12.1 Å². The van der Waals surface area contributed by atoms with E-state index in [9.17, 15) is 4.79 Å². The third-order valence-electron chi connectivity index (χ3n) is 2.49. The summed E-state index contributed by atoms with van der Waals surface area (Å²) in [6, 6.07) is 7.76. The molecule has 3 rings (SSSR count). The van der Waals surface area contributed by atoms with Gasteiger partial charge in [-0.05, 0) is 18.2 Å². The molecule has 2 heterocycles. The topological polar surface area (TPSA) is 38.3 Å². The van der Waals surface area contributed by atoms with E-state index in [1.54, 1.807) is 6.08 Å². The summed E-state index contributed by atoms with van der Waals surface area (Å²) in [5.41, 5.74) is 2.03. The van der Waals surface area contributed by atoms with Crippen LogP contribution in [0.15, 0.2) is 42.0 Å². The first-order valence-electron chi connectivity index (χ1n) is 4.79. The number of hydrogen-bond acceptors (Lipinski definition) is 2. The zero-order valence-electron chi connectivity index (χ0n) is 7.94. The summed E-state index contributed by atoms with van der Waals surface area (Å²) in [6.07, 6.45) is 5.00. The molecule has 0 aliphatic carbocycles. The first-order chi connectivity index (χ1) is 7.33. The number of fused-ring (bicyclic) bond motifs is 2. The number of para-hydroxylation sites is 1. The molecule has 3 heteroatoms. The van der Waals surface area contributed by atoms with Gasteiger partial charge < -0.3 is 10.1 Å². The predicted molar refractivity (Wildman–Crippen MR) is 56.1 cm³/mol. The Morgan fingerprint density at radius 1 is 1.20 bits per heavy atom. The molecule has 0 saturated carbocycles. The highest BCUT2D eigenvalue weighted by Crippen LogP contribution is 2.29. The van der Waals surface area contributed by atoms with Gasteiger partial charge in [0.15, 0.2) is 6.23 Å². The largest absolute Gasteiger partial charge is 0.466 e. The lowest BCUT2D eigenvalue weighted by molar-refractivity contribution is -0.118. The second kappa shape index (κ2) is 2.98. The molecule has 0 radical (unpaired) electrons. The molecule has 0 fully saturated rings. The SMILES string of the molecule is O=C1C=CC2=Cc3ccccc3OC2N1. The number of carbonyl (C=O) groups is 1. The maximum absolute atomic E-state index is 11.1. The average Bonchev–Trinajstić information content (AvgIpc) is 2.26. The Hall–Kier alpha value is -2.03. The van der Waals surface area contributed by atoms with Gasteiger partial charge in [0.1, 0.15) is 5.75 Å². The maximum atomic E-state index is 11.1.